The van der Waals surface area contributed by atoms with E-state index in [0.717, 1.165) is 43.7 Å². The molecule has 1 saturated heterocycles. The normalized spacial score (nSPS) is 22.1. The number of likely N-dealkylation sites (tertiary alicyclic amines) is 1. The summed E-state index contributed by atoms with van der Waals surface area (Å²) in [6.45, 7) is 8.69. The van der Waals surface area contributed by atoms with Crippen LogP contribution in [0.5, 0.6) is 0 Å². The maximum Gasteiger partial charge on any atom is 0.228 e. The van der Waals surface area contributed by atoms with E-state index in [4.69, 9.17) is 0 Å². The second-order valence-corrected chi connectivity index (χ2v) is 8.68. The number of carbonyl (C=O) groups excluding carboxylic acids is 2. The minimum Gasteiger partial charge on any atom is -0.332 e. The molecule has 1 rings (SSSR count). The van der Waals surface area contributed by atoms with Gasteiger partial charge in [-0.3, -0.25) is 9.59 Å². The molecule has 2 atom stereocenters. The van der Waals surface area contributed by atoms with Gasteiger partial charge in [-0.05, 0) is 36.7 Å². The molecule has 5 heteroatoms. The van der Waals surface area contributed by atoms with Gasteiger partial charge in [-0.2, -0.15) is 24.4 Å². The number of hydrogen-bond donors (Lipinski definition) is 1. The zero-order chi connectivity index (χ0) is 16.8. The minimum atomic E-state index is -0.418. The molecule has 1 amide bonds. The van der Waals surface area contributed by atoms with Crippen LogP contribution in [-0.4, -0.2) is 46.4 Å². The van der Waals surface area contributed by atoms with Crippen LogP contribution in [-0.2, 0) is 9.59 Å². The van der Waals surface area contributed by atoms with Crippen LogP contribution in [0.4, 0.5) is 0 Å². The lowest BCUT2D eigenvalue weighted by Gasteiger charge is -2.32. The summed E-state index contributed by atoms with van der Waals surface area (Å²) in [7, 11) is 0. The first kappa shape index (κ1) is 19.9. The number of ketones is 1. The first-order chi connectivity index (χ1) is 10.3. The van der Waals surface area contributed by atoms with Crippen molar-refractivity contribution in [2.24, 2.45) is 11.3 Å². The number of thiol groups is 1. The van der Waals surface area contributed by atoms with E-state index in [9.17, 15) is 9.59 Å². The van der Waals surface area contributed by atoms with Gasteiger partial charge in [0.25, 0.3) is 0 Å². The summed E-state index contributed by atoms with van der Waals surface area (Å²) in [5.41, 5.74) is -0.418. The third-order valence-electron chi connectivity index (χ3n) is 4.11. The Morgan fingerprint density at radius 2 is 2.00 bits per heavy atom. The molecule has 0 aromatic carbocycles. The Hall–Kier alpha value is -0.160. The van der Waals surface area contributed by atoms with Gasteiger partial charge in [-0.1, -0.05) is 34.1 Å². The van der Waals surface area contributed by atoms with Crippen molar-refractivity contribution in [3.8, 4) is 0 Å². The fourth-order valence-corrected chi connectivity index (χ4v) is 4.29. The van der Waals surface area contributed by atoms with Crippen molar-refractivity contribution < 1.29 is 9.59 Å². The van der Waals surface area contributed by atoms with Crippen LogP contribution in [0.2, 0.25) is 0 Å². The summed E-state index contributed by atoms with van der Waals surface area (Å²) in [6.07, 6.45) is 4.09. The topological polar surface area (TPSA) is 37.4 Å². The lowest BCUT2D eigenvalue weighted by molar-refractivity contribution is -0.144. The minimum absolute atomic E-state index is 0.116. The molecule has 22 heavy (non-hydrogen) atoms. The van der Waals surface area contributed by atoms with Gasteiger partial charge < -0.3 is 4.90 Å². The Bertz CT molecular complexity index is 379. The van der Waals surface area contributed by atoms with Gasteiger partial charge in [0.1, 0.15) is 0 Å². The lowest BCUT2D eigenvalue weighted by atomic mass is 9.90. The molecule has 0 radical (unpaired) electrons. The number of nitrogens with zero attached hydrogens (tertiary/aromatic N) is 1. The molecule has 0 N–H and O–H groups in total. The number of Topliss-reactive ketones (excluding diaryl/α,β-unsaturated/α-hetero) is 1. The third-order valence-corrected chi connectivity index (χ3v) is 5.49. The Balaban J connectivity index is 2.76. The van der Waals surface area contributed by atoms with Gasteiger partial charge in [0.15, 0.2) is 5.78 Å². The summed E-state index contributed by atoms with van der Waals surface area (Å²) in [5.74, 6) is 3.04. The highest BCUT2D eigenvalue weighted by atomic mass is 32.2. The summed E-state index contributed by atoms with van der Waals surface area (Å²) in [4.78, 5) is 27.2. The standard InChI is InChI=1S/C17H31NO2S2/c1-5-7-13-8-9-18(16(20)17(2,3)4)15(13)14(19)12-22-11-6-10-21/h13,15,21H,5-12H2,1-4H3. The Kier molecular flexibility index (Phi) is 8.33. The van der Waals surface area contributed by atoms with Crippen molar-refractivity contribution in [3.63, 3.8) is 0 Å². The van der Waals surface area contributed by atoms with E-state index in [2.05, 4.69) is 19.6 Å². The van der Waals surface area contributed by atoms with Crippen LogP contribution < -0.4 is 0 Å². The predicted octanol–water partition coefficient (Wildman–Crippen LogP) is 3.67. The summed E-state index contributed by atoms with van der Waals surface area (Å²) in [6, 6.07) is -0.199. The zero-order valence-corrected chi connectivity index (χ0v) is 16.1. The molecular weight excluding hydrogens is 314 g/mol. The molecule has 0 saturated carbocycles. The molecule has 0 aromatic rings. The van der Waals surface area contributed by atoms with Crippen molar-refractivity contribution in [3.05, 3.63) is 0 Å². The van der Waals surface area contributed by atoms with Crippen LogP contribution in [0.15, 0.2) is 0 Å². The largest absolute Gasteiger partial charge is 0.332 e. The average Bonchev–Trinajstić information content (AvgIpc) is 2.85. The van der Waals surface area contributed by atoms with Crippen molar-refractivity contribution in [2.45, 2.75) is 59.4 Å². The SMILES string of the molecule is CCCC1CCN(C(=O)C(C)(C)C)C1C(=O)CSCCCS. The van der Waals surface area contributed by atoms with Crippen LogP contribution in [0.1, 0.15) is 53.4 Å². The Morgan fingerprint density at radius 1 is 1.32 bits per heavy atom. The highest BCUT2D eigenvalue weighted by Crippen LogP contribution is 2.33. The van der Waals surface area contributed by atoms with Gasteiger partial charge in [0.2, 0.25) is 5.91 Å². The van der Waals surface area contributed by atoms with Gasteiger partial charge in [0.05, 0.1) is 11.8 Å². The summed E-state index contributed by atoms with van der Waals surface area (Å²) in [5, 5.41) is 0. The van der Waals surface area contributed by atoms with E-state index in [0.29, 0.717) is 11.7 Å². The van der Waals surface area contributed by atoms with Crippen LogP contribution in [0.3, 0.4) is 0 Å². The van der Waals surface area contributed by atoms with Crippen LogP contribution in [0.25, 0.3) is 0 Å². The molecule has 1 aliphatic heterocycles. The monoisotopic (exact) mass is 345 g/mol. The fraction of sp³-hybridized carbons (Fsp3) is 0.882. The molecule has 2 unspecified atom stereocenters. The molecule has 1 aliphatic rings. The highest BCUT2D eigenvalue weighted by molar-refractivity contribution is 7.99. The van der Waals surface area contributed by atoms with Gasteiger partial charge >= 0.3 is 0 Å². The van der Waals surface area contributed by atoms with E-state index < -0.39 is 5.41 Å². The predicted molar refractivity (Wildman–Crippen MR) is 98.8 cm³/mol. The second-order valence-electron chi connectivity index (χ2n) is 7.13. The number of thioether (sulfide) groups is 1. The smallest absolute Gasteiger partial charge is 0.228 e. The van der Waals surface area contributed by atoms with Gasteiger partial charge in [-0.15, -0.1) is 0 Å². The van der Waals surface area contributed by atoms with Crippen molar-refractivity contribution in [1.82, 2.24) is 4.90 Å². The van der Waals surface area contributed by atoms with Crippen molar-refractivity contribution in [2.75, 3.05) is 23.8 Å². The average molecular weight is 346 g/mol. The molecule has 3 nitrogen and oxygen atoms in total. The Morgan fingerprint density at radius 3 is 2.55 bits per heavy atom. The van der Waals surface area contributed by atoms with Crippen molar-refractivity contribution in [1.29, 1.82) is 0 Å². The number of carbonyl (C=O) groups is 2. The third kappa shape index (κ3) is 5.48. The lowest BCUT2D eigenvalue weighted by Crippen LogP contribution is -2.48. The molecule has 1 fully saturated rings. The fourth-order valence-electron chi connectivity index (χ4n) is 3.05. The maximum absolute atomic E-state index is 12.7. The summed E-state index contributed by atoms with van der Waals surface area (Å²) < 4.78 is 0. The zero-order valence-electron chi connectivity index (χ0n) is 14.4. The molecule has 0 aromatic heterocycles. The molecule has 1 heterocycles. The molecule has 0 bridgehead atoms. The number of amides is 1. The summed E-state index contributed by atoms with van der Waals surface area (Å²) >= 11 is 5.87. The highest BCUT2D eigenvalue weighted by Gasteiger charge is 2.43. The van der Waals surface area contributed by atoms with E-state index >= 15 is 0 Å². The number of rotatable bonds is 8. The van der Waals surface area contributed by atoms with Crippen molar-refractivity contribution >= 4 is 36.1 Å². The van der Waals surface area contributed by atoms with E-state index in [1.807, 2.05) is 25.7 Å². The quantitative estimate of drug-likeness (QED) is 0.539. The second kappa shape index (κ2) is 9.21. The Labute approximate surface area is 145 Å². The van der Waals surface area contributed by atoms with Crippen LogP contribution >= 0.6 is 24.4 Å². The maximum atomic E-state index is 12.7. The molecular formula is C17H31NO2S2. The first-order valence-corrected chi connectivity index (χ1v) is 10.1. The van der Waals surface area contributed by atoms with Gasteiger partial charge in [-0.25, -0.2) is 0 Å². The van der Waals surface area contributed by atoms with E-state index in [1.54, 1.807) is 11.8 Å². The molecule has 0 spiro atoms. The molecule has 0 aliphatic carbocycles. The van der Waals surface area contributed by atoms with E-state index in [-0.39, 0.29) is 17.7 Å². The number of hydrogen-bond acceptors (Lipinski definition) is 4. The molecule has 128 valence electrons. The first-order valence-electron chi connectivity index (χ1n) is 8.35. The van der Waals surface area contributed by atoms with E-state index in [1.165, 1.54) is 0 Å². The van der Waals surface area contributed by atoms with Gasteiger partial charge in [0, 0.05) is 12.0 Å². The van der Waals surface area contributed by atoms with Crippen LogP contribution in [0, 0.1) is 11.3 Å².